The third kappa shape index (κ3) is 3.56. The van der Waals surface area contributed by atoms with Gasteiger partial charge in [-0.25, -0.2) is 9.59 Å². The predicted molar refractivity (Wildman–Crippen MR) is 82.9 cm³/mol. The number of likely N-dealkylation sites (N-methyl/N-ethyl adjacent to an activating group) is 1. The second kappa shape index (κ2) is 6.48. The first-order valence-electron chi connectivity index (χ1n) is 6.73. The van der Waals surface area contributed by atoms with Crippen molar-refractivity contribution in [2.75, 3.05) is 32.6 Å². The lowest BCUT2D eigenvalue weighted by Crippen LogP contribution is -2.19. The van der Waals surface area contributed by atoms with Crippen molar-refractivity contribution in [3.8, 4) is 5.75 Å². The molecule has 0 atom stereocenters. The summed E-state index contributed by atoms with van der Waals surface area (Å²) in [6, 6.07) is 4.95. The van der Waals surface area contributed by atoms with Crippen molar-refractivity contribution in [1.82, 2.24) is 4.90 Å². The van der Waals surface area contributed by atoms with E-state index in [1.54, 1.807) is 19.1 Å². The molecule has 0 spiro atoms. The zero-order chi connectivity index (χ0) is 16.3. The summed E-state index contributed by atoms with van der Waals surface area (Å²) in [7, 11) is 3.90. The van der Waals surface area contributed by atoms with Gasteiger partial charge < -0.3 is 19.2 Å². The number of rotatable bonds is 5. The molecule has 1 heterocycles. The van der Waals surface area contributed by atoms with E-state index in [0.29, 0.717) is 28.9 Å². The molecule has 2 rings (SSSR count). The lowest BCUT2D eigenvalue weighted by molar-refractivity contribution is 0.209. The van der Waals surface area contributed by atoms with Gasteiger partial charge in [0.15, 0.2) is 0 Å². The third-order valence-corrected chi connectivity index (χ3v) is 3.14. The zero-order valence-electron chi connectivity index (χ0n) is 12.7. The highest BCUT2D eigenvalue weighted by molar-refractivity contribution is 5.88. The summed E-state index contributed by atoms with van der Waals surface area (Å²) in [6.45, 7) is 3.08. The van der Waals surface area contributed by atoms with E-state index >= 15 is 0 Å². The number of nitrogens with one attached hydrogen (secondary N) is 1. The molecule has 0 unspecified atom stereocenters. The Bertz CT molecular complexity index is 751. The van der Waals surface area contributed by atoms with Crippen molar-refractivity contribution in [1.29, 1.82) is 0 Å². The van der Waals surface area contributed by atoms with Crippen molar-refractivity contribution in [3.05, 3.63) is 34.2 Å². The maximum absolute atomic E-state index is 11.8. The van der Waals surface area contributed by atoms with Crippen LogP contribution in [0.25, 0.3) is 11.0 Å². The lowest BCUT2D eigenvalue weighted by Gasteiger charge is -2.13. The molecule has 1 amide bonds. The van der Waals surface area contributed by atoms with Crippen LogP contribution in [0.4, 0.5) is 10.5 Å². The van der Waals surface area contributed by atoms with Crippen LogP contribution >= 0.6 is 0 Å². The van der Waals surface area contributed by atoms with Gasteiger partial charge >= 0.3 is 11.7 Å². The van der Waals surface area contributed by atoms with Gasteiger partial charge in [0.05, 0.1) is 0 Å². The quantitative estimate of drug-likeness (QED) is 0.822. The molecule has 2 N–H and O–H groups in total. The highest BCUT2D eigenvalue weighted by Crippen LogP contribution is 2.27. The van der Waals surface area contributed by atoms with Crippen LogP contribution in [0.5, 0.6) is 5.75 Å². The number of ether oxygens (including phenoxy) is 1. The van der Waals surface area contributed by atoms with Gasteiger partial charge in [-0.15, -0.1) is 0 Å². The molecular weight excluding hydrogens is 288 g/mol. The molecule has 0 aliphatic carbocycles. The number of fused-ring (bicyclic) bond motifs is 1. The fourth-order valence-electron chi connectivity index (χ4n) is 2.00. The molecule has 7 heteroatoms. The van der Waals surface area contributed by atoms with Crippen LogP contribution in [-0.2, 0) is 0 Å². The second-order valence-corrected chi connectivity index (χ2v) is 5.14. The number of nitrogens with zero attached hydrogens (tertiary/aromatic N) is 1. The Morgan fingerprint density at radius 2 is 2.14 bits per heavy atom. The van der Waals surface area contributed by atoms with Crippen molar-refractivity contribution >= 4 is 22.7 Å². The minimum Gasteiger partial charge on any atom is -0.492 e. The van der Waals surface area contributed by atoms with E-state index in [-0.39, 0.29) is 5.69 Å². The molecule has 2 aromatic rings. The summed E-state index contributed by atoms with van der Waals surface area (Å²) in [4.78, 5) is 24.4. The average molecular weight is 306 g/mol. The van der Waals surface area contributed by atoms with E-state index in [1.165, 1.54) is 6.07 Å². The zero-order valence-corrected chi connectivity index (χ0v) is 12.7. The first-order chi connectivity index (χ1) is 10.4. The van der Waals surface area contributed by atoms with Crippen LogP contribution in [0.15, 0.2) is 27.4 Å². The van der Waals surface area contributed by atoms with E-state index < -0.39 is 11.7 Å². The van der Waals surface area contributed by atoms with Crippen molar-refractivity contribution in [2.45, 2.75) is 6.92 Å². The SMILES string of the molecule is Cc1c(OCCN(C)C)ccc2cc(NC(=O)O)c(=O)oc12. The van der Waals surface area contributed by atoms with Crippen LogP contribution in [0.3, 0.4) is 0 Å². The summed E-state index contributed by atoms with van der Waals surface area (Å²) < 4.78 is 10.9. The van der Waals surface area contributed by atoms with E-state index in [0.717, 1.165) is 6.54 Å². The van der Waals surface area contributed by atoms with Gasteiger partial charge in [0.2, 0.25) is 0 Å². The average Bonchev–Trinajstić information content (AvgIpc) is 2.42. The number of amides is 1. The molecule has 0 fully saturated rings. The summed E-state index contributed by atoms with van der Waals surface area (Å²) in [5, 5.41) is 11.3. The topological polar surface area (TPSA) is 92.0 Å². The largest absolute Gasteiger partial charge is 0.492 e. The van der Waals surface area contributed by atoms with Crippen LogP contribution in [0, 0.1) is 6.92 Å². The number of aryl methyl sites for hydroxylation is 1. The smallest absolute Gasteiger partial charge is 0.409 e. The number of benzene rings is 1. The fourth-order valence-corrected chi connectivity index (χ4v) is 2.00. The maximum atomic E-state index is 11.8. The maximum Gasteiger partial charge on any atom is 0.409 e. The standard InChI is InChI=1S/C15H18N2O5/c1-9-12(21-7-6-17(2)3)5-4-10-8-11(16-15(19)20)14(18)22-13(9)10/h4-5,8,16H,6-7H2,1-3H3,(H,19,20). The molecule has 0 saturated heterocycles. The highest BCUT2D eigenvalue weighted by atomic mass is 16.5. The molecule has 7 nitrogen and oxygen atoms in total. The van der Waals surface area contributed by atoms with Gasteiger partial charge in [-0.3, -0.25) is 5.32 Å². The minimum atomic E-state index is -1.31. The normalized spacial score (nSPS) is 10.9. The number of anilines is 1. The van der Waals surface area contributed by atoms with E-state index in [2.05, 4.69) is 0 Å². The first-order valence-corrected chi connectivity index (χ1v) is 6.73. The summed E-state index contributed by atoms with van der Waals surface area (Å²) in [5.74, 6) is 0.636. The Labute approximate surface area is 127 Å². The van der Waals surface area contributed by atoms with Gasteiger partial charge in [-0.05, 0) is 39.2 Å². The lowest BCUT2D eigenvalue weighted by atomic mass is 10.1. The number of hydrogen-bond donors (Lipinski definition) is 2. The number of carboxylic acid groups (broad SMARTS) is 1. The Kier molecular flexibility index (Phi) is 4.67. The molecule has 0 aliphatic heterocycles. The van der Waals surface area contributed by atoms with Crippen molar-refractivity contribution < 1.29 is 19.1 Å². The van der Waals surface area contributed by atoms with Crippen LogP contribution in [0.1, 0.15) is 5.56 Å². The van der Waals surface area contributed by atoms with Crippen LogP contribution < -0.4 is 15.7 Å². The van der Waals surface area contributed by atoms with Crippen molar-refractivity contribution in [3.63, 3.8) is 0 Å². The monoisotopic (exact) mass is 306 g/mol. The Morgan fingerprint density at radius 3 is 2.77 bits per heavy atom. The Hall–Kier alpha value is -2.54. The molecule has 1 aromatic heterocycles. The second-order valence-electron chi connectivity index (χ2n) is 5.14. The highest BCUT2D eigenvalue weighted by Gasteiger charge is 2.12. The predicted octanol–water partition coefficient (Wildman–Crippen LogP) is 2.13. The summed E-state index contributed by atoms with van der Waals surface area (Å²) in [6.07, 6.45) is -1.31. The van der Waals surface area contributed by atoms with Gasteiger partial charge in [0.1, 0.15) is 23.6 Å². The molecule has 0 aliphatic rings. The molecule has 22 heavy (non-hydrogen) atoms. The van der Waals surface area contributed by atoms with Crippen LogP contribution in [-0.4, -0.2) is 43.3 Å². The minimum absolute atomic E-state index is 0.110. The Balaban J connectivity index is 2.35. The summed E-state index contributed by atoms with van der Waals surface area (Å²) in [5.41, 5.74) is 0.252. The molecule has 0 saturated carbocycles. The van der Waals surface area contributed by atoms with Crippen LogP contribution in [0.2, 0.25) is 0 Å². The van der Waals surface area contributed by atoms with Crippen molar-refractivity contribution in [2.24, 2.45) is 0 Å². The Morgan fingerprint density at radius 1 is 1.41 bits per heavy atom. The van der Waals surface area contributed by atoms with Gasteiger partial charge in [-0.2, -0.15) is 0 Å². The van der Waals surface area contributed by atoms with E-state index in [4.69, 9.17) is 14.3 Å². The van der Waals surface area contributed by atoms with E-state index in [9.17, 15) is 9.59 Å². The third-order valence-electron chi connectivity index (χ3n) is 3.14. The molecule has 0 bridgehead atoms. The first kappa shape index (κ1) is 15.8. The summed E-state index contributed by atoms with van der Waals surface area (Å²) >= 11 is 0. The molecular formula is C15H18N2O5. The number of carbonyl (C=O) groups is 1. The van der Waals surface area contributed by atoms with Gasteiger partial charge in [0.25, 0.3) is 0 Å². The van der Waals surface area contributed by atoms with Gasteiger partial charge in [0, 0.05) is 17.5 Å². The van der Waals surface area contributed by atoms with Gasteiger partial charge in [-0.1, -0.05) is 0 Å². The molecule has 1 aromatic carbocycles. The fraction of sp³-hybridized carbons (Fsp3) is 0.333. The number of hydrogen-bond acceptors (Lipinski definition) is 5. The molecule has 118 valence electrons. The van der Waals surface area contributed by atoms with E-state index in [1.807, 2.05) is 24.3 Å². The molecule has 0 radical (unpaired) electrons.